The summed E-state index contributed by atoms with van der Waals surface area (Å²) in [5.41, 5.74) is 0.323. The molecule has 0 fully saturated rings. The van der Waals surface area contributed by atoms with Crippen molar-refractivity contribution >= 4 is 12.1 Å². The van der Waals surface area contributed by atoms with Gasteiger partial charge in [0.15, 0.2) is 0 Å². The van der Waals surface area contributed by atoms with E-state index in [0.717, 1.165) is 0 Å². The zero-order chi connectivity index (χ0) is 12.0. The molecule has 1 aromatic rings. The molecule has 0 radical (unpaired) electrons. The van der Waals surface area contributed by atoms with E-state index in [-0.39, 0.29) is 12.5 Å². The SMILES string of the molecule is CC(C)COC(=O)OC(=O)c1ccccc1. The Morgan fingerprint density at radius 2 is 1.81 bits per heavy atom. The molecule has 0 amide bonds. The number of benzene rings is 1. The molecule has 1 aromatic carbocycles. The van der Waals surface area contributed by atoms with Gasteiger partial charge in [-0.05, 0) is 18.1 Å². The van der Waals surface area contributed by atoms with Crippen molar-refractivity contribution in [3.63, 3.8) is 0 Å². The molecule has 0 saturated heterocycles. The lowest BCUT2D eigenvalue weighted by atomic mass is 10.2. The highest BCUT2D eigenvalue weighted by Crippen LogP contribution is 2.03. The Hall–Kier alpha value is -1.84. The lowest BCUT2D eigenvalue weighted by Crippen LogP contribution is -2.16. The summed E-state index contributed by atoms with van der Waals surface area (Å²) >= 11 is 0. The average molecular weight is 222 g/mol. The molecule has 0 unspecified atom stereocenters. The minimum Gasteiger partial charge on any atom is -0.434 e. The van der Waals surface area contributed by atoms with E-state index in [1.54, 1.807) is 30.3 Å². The Morgan fingerprint density at radius 3 is 2.38 bits per heavy atom. The van der Waals surface area contributed by atoms with Crippen LogP contribution in [0, 0.1) is 5.92 Å². The summed E-state index contributed by atoms with van der Waals surface area (Å²) in [5.74, 6) is -0.492. The van der Waals surface area contributed by atoms with Gasteiger partial charge in [-0.1, -0.05) is 32.0 Å². The second kappa shape index (κ2) is 5.90. The van der Waals surface area contributed by atoms with Crippen LogP contribution in [0.2, 0.25) is 0 Å². The van der Waals surface area contributed by atoms with Crippen LogP contribution in [0.5, 0.6) is 0 Å². The standard InChI is InChI=1S/C12H14O4/c1-9(2)8-15-12(14)16-11(13)10-6-4-3-5-7-10/h3-7,9H,8H2,1-2H3. The van der Waals surface area contributed by atoms with E-state index in [1.165, 1.54) is 0 Å². The van der Waals surface area contributed by atoms with Crippen molar-refractivity contribution in [3.8, 4) is 0 Å². The second-order valence-electron chi connectivity index (χ2n) is 3.71. The minimum atomic E-state index is -0.956. The van der Waals surface area contributed by atoms with Crippen LogP contribution >= 0.6 is 0 Å². The molecule has 86 valence electrons. The van der Waals surface area contributed by atoms with Crippen LogP contribution in [0.15, 0.2) is 30.3 Å². The van der Waals surface area contributed by atoms with Gasteiger partial charge in [-0.3, -0.25) is 0 Å². The lowest BCUT2D eigenvalue weighted by molar-refractivity contribution is 0.0351. The number of esters is 1. The maximum absolute atomic E-state index is 11.4. The molecule has 0 saturated carbocycles. The fraction of sp³-hybridized carbons (Fsp3) is 0.333. The summed E-state index contributed by atoms with van der Waals surface area (Å²) in [6.07, 6.45) is -0.956. The molecule has 16 heavy (non-hydrogen) atoms. The Kier molecular flexibility index (Phi) is 4.51. The molecule has 4 heteroatoms. The van der Waals surface area contributed by atoms with Gasteiger partial charge in [0.2, 0.25) is 0 Å². The molecule has 0 bridgehead atoms. The number of carbonyl (C=O) groups is 2. The molecule has 0 aliphatic heterocycles. The first-order valence-electron chi connectivity index (χ1n) is 5.03. The van der Waals surface area contributed by atoms with Crippen LogP contribution in [0.4, 0.5) is 4.79 Å². The average Bonchev–Trinajstić information content (AvgIpc) is 2.27. The van der Waals surface area contributed by atoms with Crippen LogP contribution in [0.1, 0.15) is 24.2 Å². The summed E-state index contributed by atoms with van der Waals surface area (Å²) in [4.78, 5) is 22.4. The van der Waals surface area contributed by atoms with Crippen molar-refractivity contribution in [1.29, 1.82) is 0 Å². The maximum Gasteiger partial charge on any atom is 0.516 e. The third-order valence-electron chi connectivity index (χ3n) is 1.72. The summed E-state index contributed by atoms with van der Waals surface area (Å²) in [5, 5.41) is 0. The van der Waals surface area contributed by atoms with Crippen LogP contribution in [0.3, 0.4) is 0 Å². The normalized spacial score (nSPS) is 9.94. The molecule has 0 heterocycles. The predicted molar refractivity (Wildman–Crippen MR) is 58.0 cm³/mol. The highest BCUT2D eigenvalue weighted by atomic mass is 16.7. The molecule has 1 rings (SSSR count). The fourth-order valence-corrected chi connectivity index (χ4v) is 0.973. The second-order valence-corrected chi connectivity index (χ2v) is 3.71. The van der Waals surface area contributed by atoms with Crippen molar-refractivity contribution in [2.45, 2.75) is 13.8 Å². The van der Waals surface area contributed by atoms with E-state index in [9.17, 15) is 9.59 Å². The summed E-state index contributed by atoms with van der Waals surface area (Å²) in [7, 11) is 0. The van der Waals surface area contributed by atoms with Crippen LogP contribution in [-0.2, 0) is 9.47 Å². The van der Waals surface area contributed by atoms with E-state index in [2.05, 4.69) is 4.74 Å². The molecule has 0 aliphatic rings. The minimum absolute atomic E-state index is 0.208. The van der Waals surface area contributed by atoms with Gasteiger partial charge in [-0.2, -0.15) is 0 Å². The number of ether oxygens (including phenoxy) is 2. The van der Waals surface area contributed by atoms with Crippen LogP contribution < -0.4 is 0 Å². The van der Waals surface area contributed by atoms with Crippen molar-refractivity contribution in [1.82, 2.24) is 0 Å². The molecular formula is C12H14O4. The van der Waals surface area contributed by atoms with Gasteiger partial charge in [0.05, 0.1) is 12.2 Å². The van der Waals surface area contributed by atoms with Crippen molar-refractivity contribution in [2.24, 2.45) is 5.92 Å². The first kappa shape index (κ1) is 12.2. The van der Waals surface area contributed by atoms with E-state index in [0.29, 0.717) is 5.56 Å². The van der Waals surface area contributed by atoms with Crippen molar-refractivity contribution in [3.05, 3.63) is 35.9 Å². The zero-order valence-corrected chi connectivity index (χ0v) is 9.30. The highest BCUT2D eigenvalue weighted by molar-refractivity contribution is 5.95. The maximum atomic E-state index is 11.4. The Balaban J connectivity index is 2.43. The summed E-state index contributed by atoms with van der Waals surface area (Å²) in [6, 6.07) is 8.29. The molecular weight excluding hydrogens is 208 g/mol. The molecule has 0 spiro atoms. The molecule has 0 aromatic heterocycles. The quantitative estimate of drug-likeness (QED) is 0.582. The third kappa shape index (κ3) is 4.13. The van der Waals surface area contributed by atoms with E-state index in [4.69, 9.17) is 4.74 Å². The van der Waals surface area contributed by atoms with Gasteiger partial charge >= 0.3 is 12.1 Å². The Morgan fingerprint density at radius 1 is 1.19 bits per heavy atom. The third-order valence-corrected chi connectivity index (χ3v) is 1.72. The molecule has 4 nitrogen and oxygen atoms in total. The Labute approximate surface area is 94.2 Å². The predicted octanol–water partition coefficient (Wildman–Crippen LogP) is 2.64. The molecule has 0 N–H and O–H groups in total. The van der Waals surface area contributed by atoms with Gasteiger partial charge in [-0.15, -0.1) is 0 Å². The topological polar surface area (TPSA) is 52.6 Å². The van der Waals surface area contributed by atoms with Gasteiger partial charge in [0, 0.05) is 0 Å². The number of hydrogen-bond donors (Lipinski definition) is 0. The van der Waals surface area contributed by atoms with E-state index >= 15 is 0 Å². The fourth-order valence-electron chi connectivity index (χ4n) is 0.973. The smallest absolute Gasteiger partial charge is 0.434 e. The van der Waals surface area contributed by atoms with Crippen molar-refractivity contribution in [2.75, 3.05) is 6.61 Å². The summed E-state index contributed by atoms with van der Waals surface area (Å²) in [6.45, 7) is 4.03. The van der Waals surface area contributed by atoms with Crippen molar-refractivity contribution < 1.29 is 19.1 Å². The highest BCUT2D eigenvalue weighted by Gasteiger charge is 2.13. The van der Waals surface area contributed by atoms with Crippen LogP contribution in [0.25, 0.3) is 0 Å². The lowest BCUT2D eigenvalue weighted by Gasteiger charge is -2.06. The summed E-state index contributed by atoms with van der Waals surface area (Å²) < 4.78 is 9.20. The Bertz CT molecular complexity index is 357. The molecule has 0 aliphatic carbocycles. The first-order chi connectivity index (χ1) is 7.59. The number of carbonyl (C=O) groups excluding carboxylic acids is 2. The van der Waals surface area contributed by atoms with Crippen LogP contribution in [-0.4, -0.2) is 18.7 Å². The number of rotatable bonds is 3. The van der Waals surface area contributed by atoms with Gasteiger partial charge in [0.25, 0.3) is 0 Å². The molecule has 0 atom stereocenters. The van der Waals surface area contributed by atoms with Gasteiger partial charge in [0.1, 0.15) is 0 Å². The first-order valence-corrected chi connectivity index (χ1v) is 5.03. The monoisotopic (exact) mass is 222 g/mol. The van der Waals surface area contributed by atoms with Gasteiger partial charge in [-0.25, -0.2) is 9.59 Å². The van der Waals surface area contributed by atoms with E-state index < -0.39 is 12.1 Å². The largest absolute Gasteiger partial charge is 0.516 e. The van der Waals surface area contributed by atoms with E-state index in [1.807, 2.05) is 13.8 Å². The number of hydrogen-bond acceptors (Lipinski definition) is 4. The zero-order valence-electron chi connectivity index (χ0n) is 9.30. The van der Waals surface area contributed by atoms with Gasteiger partial charge < -0.3 is 9.47 Å².